The second-order valence-corrected chi connectivity index (χ2v) is 5.13. The van der Waals surface area contributed by atoms with Crippen LogP contribution in [0, 0.1) is 6.92 Å². The highest BCUT2D eigenvalue weighted by Crippen LogP contribution is 2.30. The number of aryl methyl sites for hydroxylation is 1. The van der Waals surface area contributed by atoms with E-state index in [0.29, 0.717) is 11.3 Å². The van der Waals surface area contributed by atoms with E-state index in [1.165, 1.54) is 0 Å². The maximum Gasteiger partial charge on any atom is 0.255 e. The molecule has 92 valence electrons. The average molecular weight is 307 g/mol. The van der Waals surface area contributed by atoms with Crippen LogP contribution in [0.25, 0.3) is 0 Å². The lowest BCUT2D eigenvalue weighted by Crippen LogP contribution is -2.38. The number of nitrogens with one attached hydrogen (secondary N) is 2. The van der Waals surface area contributed by atoms with Gasteiger partial charge in [-0.1, -0.05) is 12.1 Å². The summed E-state index contributed by atoms with van der Waals surface area (Å²) in [5.41, 5.74) is 2.56. The highest BCUT2D eigenvalue weighted by atomic mass is 79.9. The van der Waals surface area contributed by atoms with Crippen molar-refractivity contribution in [3.63, 3.8) is 0 Å². The van der Waals surface area contributed by atoms with Gasteiger partial charge in [-0.05, 0) is 40.5 Å². The van der Waals surface area contributed by atoms with Crippen LogP contribution in [0.15, 0.2) is 39.4 Å². The van der Waals surface area contributed by atoms with Crippen LogP contribution in [0.5, 0.6) is 0 Å². The maximum atomic E-state index is 12.0. The minimum atomic E-state index is -0.336. The van der Waals surface area contributed by atoms with Crippen LogP contribution in [0.3, 0.4) is 0 Å². The second-order valence-electron chi connectivity index (χ2n) is 4.22. The first-order valence-electron chi connectivity index (χ1n) is 5.56. The summed E-state index contributed by atoms with van der Waals surface area (Å²) in [6, 6.07) is 7.49. The molecule has 2 heterocycles. The van der Waals surface area contributed by atoms with Gasteiger partial charge in [-0.2, -0.15) is 0 Å². The predicted molar refractivity (Wildman–Crippen MR) is 71.4 cm³/mol. The van der Waals surface area contributed by atoms with E-state index in [1.807, 2.05) is 25.1 Å². The molecule has 1 aromatic carbocycles. The first-order valence-corrected chi connectivity index (χ1v) is 6.35. The summed E-state index contributed by atoms with van der Waals surface area (Å²) in [5, 5.41) is 6.14. The van der Waals surface area contributed by atoms with Gasteiger partial charge in [0.25, 0.3) is 5.91 Å². The number of hydrogen-bond donors (Lipinski definition) is 2. The summed E-state index contributed by atoms with van der Waals surface area (Å²) in [4.78, 5) is 12.0. The van der Waals surface area contributed by atoms with Crippen molar-refractivity contribution in [1.82, 2.24) is 5.32 Å². The van der Waals surface area contributed by atoms with Crippen molar-refractivity contribution in [3.8, 4) is 0 Å². The van der Waals surface area contributed by atoms with E-state index >= 15 is 0 Å². The largest absolute Gasteiger partial charge is 0.464 e. The number of rotatable bonds is 1. The first-order chi connectivity index (χ1) is 8.65. The molecule has 3 rings (SSSR count). The molecule has 18 heavy (non-hydrogen) atoms. The minimum Gasteiger partial charge on any atom is -0.464 e. The van der Waals surface area contributed by atoms with Gasteiger partial charge in [-0.25, -0.2) is 0 Å². The maximum absolute atomic E-state index is 12.0. The molecule has 0 radical (unpaired) electrons. The van der Waals surface area contributed by atoms with Crippen molar-refractivity contribution in [1.29, 1.82) is 0 Å². The summed E-state index contributed by atoms with van der Waals surface area (Å²) < 4.78 is 6.23. The van der Waals surface area contributed by atoms with Gasteiger partial charge in [0.15, 0.2) is 6.17 Å². The Morgan fingerprint density at radius 2 is 2.17 bits per heavy atom. The lowest BCUT2D eigenvalue weighted by Gasteiger charge is -2.27. The van der Waals surface area contributed by atoms with Gasteiger partial charge >= 0.3 is 0 Å². The molecule has 0 saturated heterocycles. The molecule has 1 aliphatic heterocycles. The fourth-order valence-electron chi connectivity index (χ4n) is 2.06. The molecule has 1 aliphatic rings. The van der Waals surface area contributed by atoms with Gasteiger partial charge in [-0.15, -0.1) is 0 Å². The topological polar surface area (TPSA) is 54.3 Å². The number of furan rings is 1. The van der Waals surface area contributed by atoms with E-state index < -0.39 is 0 Å². The summed E-state index contributed by atoms with van der Waals surface area (Å²) in [6.45, 7) is 1.97. The standard InChI is InChI=1S/C13H11BrN2O2/c1-7-3-2-4-9-11(7)15-12(16-13(9)17)10-5-8(14)6-18-10/h2-6,12,15H,1H3,(H,16,17)/t12-/m1/s1. The quantitative estimate of drug-likeness (QED) is 0.850. The highest BCUT2D eigenvalue weighted by Gasteiger charge is 2.27. The monoisotopic (exact) mass is 306 g/mol. The van der Waals surface area contributed by atoms with Crippen molar-refractivity contribution in [2.75, 3.05) is 5.32 Å². The molecule has 0 bridgehead atoms. The molecular formula is C13H11BrN2O2. The zero-order valence-electron chi connectivity index (χ0n) is 9.66. The summed E-state index contributed by atoms with van der Waals surface area (Å²) in [5.74, 6) is 0.578. The van der Waals surface area contributed by atoms with E-state index in [1.54, 1.807) is 12.3 Å². The van der Waals surface area contributed by atoms with E-state index in [2.05, 4.69) is 26.6 Å². The van der Waals surface area contributed by atoms with Gasteiger partial charge < -0.3 is 15.1 Å². The van der Waals surface area contributed by atoms with E-state index in [4.69, 9.17) is 4.42 Å². The molecule has 0 fully saturated rings. The van der Waals surface area contributed by atoms with E-state index in [9.17, 15) is 4.79 Å². The SMILES string of the molecule is Cc1cccc2c1N[C@@H](c1cc(Br)co1)NC2=O. The molecule has 1 aromatic heterocycles. The Hall–Kier alpha value is -1.75. The number of hydrogen-bond acceptors (Lipinski definition) is 3. The Morgan fingerprint density at radius 1 is 1.33 bits per heavy atom. The van der Waals surface area contributed by atoms with Crippen LogP contribution in [0.4, 0.5) is 5.69 Å². The van der Waals surface area contributed by atoms with Crippen molar-refractivity contribution in [2.24, 2.45) is 0 Å². The fourth-order valence-corrected chi connectivity index (χ4v) is 2.38. The van der Waals surface area contributed by atoms with Crippen LogP contribution in [-0.4, -0.2) is 5.91 Å². The Bertz CT molecular complexity index is 621. The van der Waals surface area contributed by atoms with Crippen molar-refractivity contribution in [3.05, 3.63) is 51.9 Å². The van der Waals surface area contributed by atoms with Gasteiger partial charge in [0.1, 0.15) is 12.0 Å². The Balaban J connectivity index is 2.01. The van der Waals surface area contributed by atoms with Gasteiger partial charge in [-0.3, -0.25) is 4.79 Å². The summed E-state index contributed by atoms with van der Waals surface area (Å²) in [6.07, 6.45) is 1.26. The molecule has 4 nitrogen and oxygen atoms in total. The third-order valence-corrected chi connectivity index (χ3v) is 3.37. The molecule has 1 atom stereocenters. The summed E-state index contributed by atoms with van der Waals surface area (Å²) >= 11 is 3.33. The molecule has 0 spiro atoms. The third kappa shape index (κ3) is 1.80. The summed E-state index contributed by atoms with van der Waals surface area (Å²) in [7, 11) is 0. The lowest BCUT2D eigenvalue weighted by molar-refractivity contribution is 0.0931. The van der Waals surface area contributed by atoms with Crippen LogP contribution in [0.2, 0.25) is 0 Å². The molecule has 2 aromatic rings. The molecule has 0 saturated carbocycles. The van der Waals surface area contributed by atoms with Crippen molar-refractivity contribution in [2.45, 2.75) is 13.1 Å². The minimum absolute atomic E-state index is 0.0926. The predicted octanol–water partition coefficient (Wildman–Crippen LogP) is 3.20. The Labute approximate surface area is 113 Å². The first kappa shape index (κ1) is 11.3. The normalized spacial score (nSPS) is 17.9. The Morgan fingerprint density at radius 3 is 2.89 bits per heavy atom. The highest BCUT2D eigenvalue weighted by molar-refractivity contribution is 9.10. The smallest absolute Gasteiger partial charge is 0.255 e. The number of carbonyl (C=O) groups excluding carboxylic acids is 1. The zero-order chi connectivity index (χ0) is 12.7. The molecule has 2 N–H and O–H groups in total. The van der Waals surface area contributed by atoms with Crippen LogP contribution >= 0.6 is 15.9 Å². The number of amides is 1. The molecule has 5 heteroatoms. The van der Waals surface area contributed by atoms with Crippen molar-refractivity contribution < 1.29 is 9.21 Å². The Kier molecular flexibility index (Phi) is 2.63. The van der Waals surface area contributed by atoms with Gasteiger partial charge in [0.05, 0.1) is 15.7 Å². The number of benzene rings is 1. The van der Waals surface area contributed by atoms with Crippen LogP contribution in [0.1, 0.15) is 27.8 Å². The van der Waals surface area contributed by atoms with Crippen LogP contribution in [-0.2, 0) is 0 Å². The zero-order valence-corrected chi connectivity index (χ0v) is 11.2. The van der Waals surface area contributed by atoms with Crippen LogP contribution < -0.4 is 10.6 Å². The second kappa shape index (κ2) is 4.17. The number of fused-ring (bicyclic) bond motifs is 1. The van der Waals surface area contributed by atoms with Gasteiger partial charge in [0, 0.05) is 0 Å². The van der Waals surface area contributed by atoms with Crippen molar-refractivity contribution >= 4 is 27.5 Å². The lowest BCUT2D eigenvalue weighted by atomic mass is 10.0. The molecular weight excluding hydrogens is 296 g/mol. The molecule has 0 unspecified atom stereocenters. The van der Waals surface area contributed by atoms with Gasteiger partial charge in [0.2, 0.25) is 0 Å². The van der Waals surface area contributed by atoms with E-state index in [0.717, 1.165) is 15.7 Å². The fraction of sp³-hybridized carbons (Fsp3) is 0.154. The molecule has 1 amide bonds. The number of para-hydroxylation sites is 1. The average Bonchev–Trinajstić information content (AvgIpc) is 2.77. The number of carbonyl (C=O) groups is 1. The third-order valence-electron chi connectivity index (χ3n) is 2.95. The number of halogens is 1. The molecule has 0 aliphatic carbocycles. The number of anilines is 1. The van der Waals surface area contributed by atoms with E-state index in [-0.39, 0.29) is 12.1 Å².